The number of carbonyl (C=O) groups is 1. The summed E-state index contributed by atoms with van der Waals surface area (Å²) in [5, 5.41) is 36.2. The number of rotatable bonds is 8. The fourth-order valence-electron chi connectivity index (χ4n) is 3.06. The van der Waals surface area contributed by atoms with Gasteiger partial charge in [-0.2, -0.15) is 0 Å². The first-order valence-corrected chi connectivity index (χ1v) is 10.1. The molecule has 1 heterocycles. The number of hydrogen-bond acceptors (Lipinski definition) is 8. The molecule has 1 aliphatic heterocycles. The van der Waals surface area contributed by atoms with Crippen LogP contribution in [0.25, 0.3) is 0 Å². The molecule has 2 aromatic rings. The molecule has 0 spiro atoms. The van der Waals surface area contributed by atoms with Crippen LogP contribution < -0.4 is 9.47 Å². The van der Waals surface area contributed by atoms with Crippen molar-refractivity contribution in [3.63, 3.8) is 0 Å². The van der Waals surface area contributed by atoms with E-state index in [-0.39, 0.29) is 18.6 Å². The van der Waals surface area contributed by atoms with Gasteiger partial charge in [0.1, 0.15) is 12.2 Å². The van der Waals surface area contributed by atoms with Gasteiger partial charge >= 0.3 is 5.97 Å². The van der Waals surface area contributed by atoms with Gasteiger partial charge in [-0.25, -0.2) is 4.79 Å². The molecule has 2 unspecified atom stereocenters. The van der Waals surface area contributed by atoms with Gasteiger partial charge in [0.15, 0.2) is 17.8 Å². The predicted molar refractivity (Wildman–Crippen MR) is 115 cm³/mol. The summed E-state index contributed by atoms with van der Waals surface area (Å²) in [6.07, 6.45) is -2.19. The number of aromatic carboxylic acids is 1. The van der Waals surface area contributed by atoms with Crippen LogP contribution in [-0.4, -0.2) is 78.4 Å². The van der Waals surface area contributed by atoms with Crippen molar-refractivity contribution >= 4 is 5.97 Å². The highest BCUT2D eigenvalue weighted by Gasteiger charge is 2.36. The minimum absolute atomic E-state index is 0.178. The zero-order chi connectivity index (χ0) is 23.5. The highest BCUT2D eigenvalue weighted by molar-refractivity contribution is 5.88. The number of ether oxygens (including phenoxy) is 4. The fraction of sp³-hybridized carbons (Fsp3) is 0.435. The summed E-state index contributed by atoms with van der Waals surface area (Å²) < 4.78 is 20.7. The maximum absolute atomic E-state index is 10.9. The van der Waals surface area contributed by atoms with Crippen molar-refractivity contribution in [1.82, 2.24) is 0 Å². The van der Waals surface area contributed by atoms with E-state index in [1.165, 1.54) is 31.9 Å². The Morgan fingerprint density at radius 1 is 1.09 bits per heavy atom. The number of aliphatic hydroxyl groups is 3. The zero-order valence-corrected chi connectivity index (χ0v) is 18.1. The summed E-state index contributed by atoms with van der Waals surface area (Å²) in [5.74, 6) is -0.00877. The summed E-state index contributed by atoms with van der Waals surface area (Å²) in [6.45, 7) is 0.185. The van der Waals surface area contributed by atoms with Crippen LogP contribution in [0.3, 0.4) is 0 Å². The molecule has 0 radical (unpaired) electrons. The number of aliphatic hydroxyl groups excluding tert-OH is 3. The van der Waals surface area contributed by atoms with Gasteiger partial charge in [-0.3, -0.25) is 0 Å². The SMILES string of the molecule is CO[C@@H]1CC(O)[C@H](O)C(CO)O1.COc1cc(C(=O)O)ccc1OCCc1ccccc1. The molecule has 4 atom stereocenters. The number of carboxylic acid groups (broad SMARTS) is 1. The number of benzene rings is 2. The minimum atomic E-state index is -1.03. The summed E-state index contributed by atoms with van der Waals surface area (Å²) in [4.78, 5) is 10.9. The Kier molecular flexibility index (Phi) is 10.4. The highest BCUT2D eigenvalue weighted by atomic mass is 16.7. The van der Waals surface area contributed by atoms with Crippen LogP contribution in [-0.2, 0) is 15.9 Å². The number of carboxylic acids is 1. The Labute approximate surface area is 186 Å². The molecule has 1 saturated heterocycles. The average molecular weight is 450 g/mol. The highest BCUT2D eigenvalue weighted by Crippen LogP contribution is 2.28. The van der Waals surface area contributed by atoms with Crippen molar-refractivity contribution in [1.29, 1.82) is 0 Å². The van der Waals surface area contributed by atoms with Gasteiger partial charge in [0.05, 0.1) is 32.0 Å². The number of hydrogen-bond donors (Lipinski definition) is 4. The van der Waals surface area contributed by atoms with Gasteiger partial charge < -0.3 is 39.4 Å². The maximum atomic E-state index is 10.9. The van der Waals surface area contributed by atoms with Crippen LogP contribution in [0.4, 0.5) is 0 Å². The molecule has 1 aliphatic rings. The third kappa shape index (κ3) is 7.47. The van der Waals surface area contributed by atoms with Gasteiger partial charge in [-0.1, -0.05) is 30.3 Å². The molecule has 0 saturated carbocycles. The zero-order valence-electron chi connectivity index (χ0n) is 18.1. The van der Waals surface area contributed by atoms with Gasteiger partial charge in [0.25, 0.3) is 0 Å². The summed E-state index contributed by atoms with van der Waals surface area (Å²) in [6, 6.07) is 14.6. The maximum Gasteiger partial charge on any atom is 0.335 e. The molecule has 9 heteroatoms. The van der Waals surface area contributed by atoms with E-state index in [1.807, 2.05) is 30.3 Å². The van der Waals surface area contributed by atoms with Crippen molar-refractivity contribution in [2.24, 2.45) is 0 Å². The third-order valence-corrected chi connectivity index (χ3v) is 4.88. The minimum Gasteiger partial charge on any atom is -0.493 e. The monoisotopic (exact) mass is 450 g/mol. The van der Waals surface area contributed by atoms with E-state index < -0.39 is 30.6 Å². The third-order valence-electron chi connectivity index (χ3n) is 4.88. The Morgan fingerprint density at radius 3 is 2.41 bits per heavy atom. The summed E-state index contributed by atoms with van der Waals surface area (Å²) in [7, 11) is 2.94. The largest absolute Gasteiger partial charge is 0.493 e. The normalized spacial score (nSPS) is 22.4. The van der Waals surface area contributed by atoms with Gasteiger partial charge in [0.2, 0.25) is 0 Å². The molecule has 0 bridgehead atoms. The second kappa shape index (κ2) is 13.0. The fourth-order valence-corrected chi connectivity index (χ4v) is 3.06. The van der Waals surface area contributed by atoms with Crippen molar-refractivity contribution in [2.45, 2.75) is 37.4 Å². The van der Waals surface area contributed by atoms with Crippen LogP contribution in [0.15, 0.2) is 48.5 Å². The Hall–Kier alpha value is -2.69. The average Bonchev–Trinajstić information content (AvgIpc) is 2.81. The first kappa shape index (κ1) is 25.6. The molecule has 2 aromatic carbocycles. The topological polar surface area (TPSA) is 135 Å². The molecule has 0 amide bonds. The summed E-state index contributed by atoms with van der Waals surface area (Å²) >= 11 is 0. The van der Waals surface area contributed by atoms with Crippen LogP contribution in [0.5, 0.6) is 11.5 Å². The molecular formula is C23H30O9. The Morgan fingerprint density at radius 2 is 1.81 bits per heavy atom. The van der Waals surface area contributed by atoms with Gasteiger partial charge in [-0.15, -0.1) is 0 Å². The molecule has 32 heavy (non-hydrogen) atoms. The standard InChI is InChI=1S/C16H16O4.C7H14O5/c1-19-15-11-13(16(17)18)7-8-14(15)20-10-9-12-5-3-2-4-6-12;1-11-6-2-4(9)7(10)5(3-8)12-6/h2-8,11H,9-10H2,1H3,(H,17,18);4-10H,2-3H2,1H3/t;4?,5?,6-,7-/m.0/s1. The Balaban J connectivity index is 0.000000258. The number of methoxy groups -OCH3 is 2. The molecule has 0 aromatic heterocycles. The molecule has 3 rings (SSSR count). The van der Waals surface area contributed by atoms with E-state index in [1.54, 1.807) is 6.07 Å². The van der Waals surface area contributed by atoms with E-state index in [9.17, 15) is 15.0 Å². The van der Waals surface area contributed by atoms with E-state index >= 15 is 0 Å². The smallest absolute Gasteiger partial charge is 0.335 e. The van der Waals surface area contributed by atoms with Crippen molar-refractivity contribution < 1.29 is 44.2 Å². The molecular weight excluding hydrogens is 420 g/mol. The van der Waals surface area contributed by atoms with Gasteiger partial charge in [-0.05, 0) is 23.8 Å². The lowest BCUT2D eigenvalue weighted by Gasteiger charge is -2.35. The quantitative estimate of drug-likeness (QED) is 0.472. The molecule has 4 N–H and O–H groups in total. The van der Waals surface area contributed by atoms with Crippen molar-refractivity contribution in [3.05, 3.63) is 59.7 Å². The first-order chi connectivity index (χ1) is 15.4. The molecule has 176 valence electrons. The lowest BCUT2D eigenvalue weighted by Crippen LogP contribution is -2.50. The van der Waals surface area contributed by atoms with Crippen molar-refractivity contribution in [2.75, 3.05) is 27.4 Å². The van der Waals surface area contributed by atoms with E-state index in [0.29, 0.717) is 18.1 Å². The predicted octanol–water partition coefficient (Wildman–Crippen LogP) is 1.48. The lowest BCUT2D eigenvalue weighted by molar-refractivity contribution is -0.248. The van der Waals surface area contributed by atoms with Crippen LogP contribution in [0.1, 0.15) is 22.3 Å². The second-order valence-electron chi connectivity index (χ2n) is 7.07. The summed E-state index contributed by atoms with van der Waals surface area (Å²) in [5.41, 5.74) is 1.37. The van der Waals surface area contributed by atoms with E-state index in [0.717, 1.165) is 6.42 Å². The molecule has 1 fully saturated rings. The first-order valence-electron chi connectivity index (χ1n) is 10.1. The Bertz CT molecular complexity index is 827. The lowest BCUT2D eigenvalue weighted by atomic mass is 10.0. The van der Waals surface area contributed by atoms with E-state index in [2.05, 4.69) is 0 Å². The second-order valence-corrected chi connectivity index (χ2v) is 7.07. The van der Waals surface area contributed by atoms with Crippen molar-refractivity contribution in [3.8, 4) is 11.5 Å². The van der Waals surface area contributed by atoms with Crippen LogP contribution in [0, 0.1) is 0 Å². The van der Waals surface area contributed by atoms with E-state index in [4.69, 9.17) is 29.2 Å². The van der Waals surface area contributed by atoms with Crippen LogP contribution in [0.2, 0.25) is 0 Å². The van der Waals surface area contributed by atoms with Gasteiger partial charge in [0, 0.05) is 20.0 Å². The van der Waals surface area contributed by atoms with Crippen LogP contribution >= 0.6 is 0 Å². The molecule has 0 aliphatic carbocycles. The molecule has 9 nitrogen and oxygen atoms in total.